The van der Waals surface area contributed by atoms with Gasteiger partial charge in [0.25, 0.3) is 0 Å². The van der Waals surface area contributed by atoms with Crippen molar-refractivity contribution in [2.45, 2.75) is 225 Å². The first kappa shape index (κ1) is 96.3. The van der Waals surface area contributed by atoms with Crippen LogP contribution in [0.4, 0.5) is 22.7 Å². The van der Waals surface area contributed by atoms with Gasteiger partial charge in [-0.15, -0.1) is 0 Å². The Balaban J connectivity index is 0.000000136. The minimum atomic E-state index is 0.0450. The van der Waals surface area contributed by atoms with E-state index in [2.05, 4.69) is 186 Å². The van der Waals surface area contributed by atoms with Gasteiger partial charge in [-0.1, -0.05) is 208 Å². The van der Waals surface area contributed by atoms with E-state index in [0.717, 1.165) is 223 Å². The first-order chi connectivity index (χ1) is 63.6. The molecule has 0 fully saturated rings. The highest BCUT2D eigenvalue weighted by Gasteiger charge is 2.23. The zero-order valence-corrected chi connectivity index (χ0v) is 80.6. The molecule has 0 aliphatic carbocycles. The van der Waals surface area contributed by atoms with Crippen LogP contribution in [-0.4, -0.2) is 78.1 Å². The molecule has 16 aromatic rings. The molecule has 0 atom stereocenters. The van der Waals surface area contributed by atoms with E-state index in [1.54, 1.807) is 18.3 Å². The lowest BCUT2D eigenvalue weighted by atomic mass is 10.1. The number of fused-ring (bicyclic) bond motifs is 10. The molecule has 4 aliphatic heterocycles. The number of aliphatic imine (C=N–C) groups is 4. The fourth-order valence-corrected chi connectivity index (χ4v) is 17.6. The van der Waals surface area contributed by atoms with E-state index < -0.39 is 0 Å². The third kappa shape index (κ3) is 23.3. The Labute approximate surface area is 776 Å². The lowest BCUT2D eigenvalue weighted by Gasteiger charge is -2.13. The second-order valence-electron chi connectivity index (χ2n) is 37.4. The van der Waals surface area contributed by atoms with E-state index in [9.17, 15) is 24.0 Å². The summed E-state index contributed by atoms with van der Waals surface area (Å²) in [4.78, 5) is 86.2. The summed E-state index contributed by atoms with van der Waals surface area (Å²) in [7, 11) is 7.33. The van der Waals surface area contributed by atoms with E-state index in [-0.39, 0.29) is 34.5 Å². The molecule has 10 aromatic carbocycles. The van der Waals surface area contributed by atoms with Crippen molar-refractivity contribution in [2.24, 2.45) is 65.9 Å². The highest BCUT2D eigenvalue weighted by atomic mass is 16.2. The Kier molecular flexibility index (Phi) is 32.8. The first-order valence-corrected chi connectivity index (χ1v) is 47.4. The van der Waals surface area contributed by atoms with Gasteiger partial charge in [0.2, 0.25) is 0 Å². The predicted octanol–water partition coefficient (Wildman–Crippen LogP) is 23.7. The van der Waals surface area contributed by atoms with Crippen LogP contribution in [0, 0.1) is 17.8 Å². The maximum Gasteiger partial charge on any atom is 0.329 e. The van der Waals surface area contributed by atoms with E-state index >= 15 is 0 Å². The molecule has 0 amide bonds. The number of hydrogen-bond acceptors (Lipinski definition) is 10. The van der Waals surface area contributed by atoms with Gasteiger partial charge < -0.3 is 4.57 Å². The van der Waals surface area contributed by atoms with Gasteiger partial charge in [0.1, 0.15) is 5.82 Å². The molecule has 21 heteroatoms. The molecule has 20 rings (SSSR count). The number of imidazole rings is 6. The summed E-state index contributed by atoms with van der Waals surface area (Å²) in [6.07, 6.45) is 13.0. The number of aromatic nitrogens is 12. The second-order valence-corrected chi connectivity index (χ2v) is 37.4. The monoisotopic (exact) mass is 1770 g/mol. The number of benzene rings is 10. The molecule has 688 valence electrons. The minimum Gasteiger partial charge on any atom is -0.325 e. The van der Waals surface area contributed by atoms with Gasteiger partial charge in [-0.2, -0.15) is 0 Å². The highest BCUT2D eigenvalue weighted by molar-refractivity contribution is 5.96. The van der Waals surface area contributed by atoms with E-state index in [0.29, 0.717) is 12.6 Å². The molecule has 0 saturated heterocycles. The van der Waals surface area contributed by atoms with Gasteiger partial charge in [-0.05, 0) is 223 Å². The minimum absolute atomic E-state index is 0.0450. The van der Waals surface area contributed by atoms with Crippen molar-refractivity contribution in [3.05, 3.63) is 323 Å². The lowest BCUT2D eigenvalue weighted by molar-refractivity contribution is 0.554. The summed E-state index contributed by atoms with van der Waals surface area (Å²) < 4.78 is 20.5. The van der Waals surface area contributed by atoms with Gasteiger partial charge >= 0.3 is 28.4 Å². The summed E-state index contributed by atoms with van der Waals surface area (Å²) >= 11 is 0. The van der Waals surface area contributed by atoms with Crippen LogP contribution in [0.25, 0.3) is 66.2 Å². The number of rotatable bonds is 22. The third-order valence-corrected chi connectivity index (χ3v) is 23.6. The van der Waals surface area contributed by atoms with Crippen LogP contribution in [0.2, 0.25) is 0 Å². The SMILES string of the molecule is CC(C)C.CC(C)C.CC(C)C.CC(C)n1c(=O)n(CCCC2=Nc3ccccc3C2)c2ccccc21.CC(C)n1c(CCCn2c(=O)n(C)c3ccccc32)nc2ccccc21.Cn1c(=O)n(CCCC2=Nc3ccccc3C2)c2ccccc21.Cn1c(=O)n(CCCC2=Nc3ccccc3C2)c2ccccc21.Cn1c(=O)n(CCCC2=Nc3ccccc3C2)c2ccccc21. The third-order valence-electron chi connectivity index (χ3n) is 23.6. The average Bonchev–Trinajstić information content (AvgIpc) is 1.65. The number of hydrogen-bond donors (Lipinski definition) is 0. The lowest BCUT2D eigenvalue weighted by Crippen LogP contribution is -2.25. The van der Waals surface area contributed by atoms with Crippen LogP contribution >= 0.6 is 0 Å². The van der Waals surface area contributed by atoms with Crippen LogP contribution in [0.1, 0.15) is 188 Å². The van der Waals surface area contributed by atoms with Gasteiger partial charge in [0.15, 0.2) is 0 Å². The average molecular weight is 1770 g/mol. The maximum atomic E-state index is 12.8. The molecule has 21 nitrogen and oxygen atoms in total. The highest BCUT2D eigenvalue weighted by Crippen LogP contribution is 2.33. The van der Waals surface area contributed by atoms with Crippen molar-refractivity contribution in [1.82, 2.24) is 55.2 Å². The topological polar surface area (TPSA) is 202 Å². The van der Waals surface area contributed by atoms with Crippen molar-refractivity contribution < 1.29 is 0 Å². The Bertz CT molecular complexity index is 6720. The quantitative estimate of drug-likeness (QED) is 0.0645. The molecular formula is C111H134N16O5. The molecule has 0 N–H and O–H groups in total. The molecule has 0 radical (unpaired) electrons. The van der Waals surface area contributed by atoms with Gasteiger partial charge in [-0.25, -0.2) is 29.0 Å². The number of nitrogens with zero attached hydrogens (tertiary/aromatic N) is 16. The smallest absolute Gasteiger partial charge is 0.325 e. The zero-order chi connectivity index (χ0) is 93.8. The van der Waals surface area contributed by atoms with Crippen LogP contribution < -0.4 is 28.4 Å². The summed E-state index contributed by atoms with van der Waals surface area (Å²) in [5.74, 6) is 3.59. The number of aryl methyl sites for hydroxylation is 10. The molecule has 0 saturated carbocycles. The molecular weight excluding hydrogens is 1640 g/mol. The second kappa shape index (κ2) is 45.0. The van der Waals surface area contributed by atoms with Crippen molar-refractivity contribution in [3.63, 3.8) is 0 Å². The fraction of sp³-hybridized carbons (Fsp3) is 0.369. The Morgan fingerprint density at radius 2 is 0.455 bits per heavy atom. The summed E-state index contributed by atoms with van der Waals surface area (Å²) in [5.41, 5.74) is 27.1. The molecule has 0 bridgehead atoms. The van der Waals surface area contributed by atoms with Crippen molar-refractivity contribution in [2.75, 3.05) is 0 Å². The number of para-hydroxylation sites is 16. The van der Waals surface area contributed by atoms with E-state index in [1.807, 2.05) is 207 Å². The Morgan fingerprint density at radius 1 is 0.242 bits per heavy atom. The molecule has 132 heavy (non-hydrogen) atoms. The van der Waals surface area contributed by atoms with E-state index in [1.165, 1.54) is 50.6 Å². The summed E-state index contributed by atoms with van der Waals surface area (Å²) in [6, 6.07) is 81.9. The van der Waals surface area contributed by atoms with Gasteiger partial charge in [0, 0.05) is 128 Å². The van der Waals surface area contributed by atoms with Crippen LogP contribution in [-0.2, 0) is 93.0 Å². The molecule has 4 aliphatic rings. The summed E-state index contributed by atoms with van der Waals surface area (Å²) in [6.45, 7) is 31.6. The van der Waals surface area contributed by atoms with Gasteiger partial charge in [-0.3, -0.25) is 65.6 Å². The molecule has 6 aromatic heterocycles. The largest absolute Gasteiger partial charge is 0.329 e. The molecule has 10 heterocycles. The van der Waals surface area contributed by atoms with Crippen molar-refractivity contribution in [1.29, 1.82) is 0 Å². The Morgan fingerprint density at radius 3 is 0.720 bits per heavy atom. The summed E-state index contributed by atoms with van der Waals surface area (Å²) in [5, 5.41) is 0. The zero-order valence-electron chi connectivity index (χ0n) is 80.6. The normalized spacial score (nSPS) is 12.7. The maximum absolute atomic E-state index is 12.8. The van der Waals surface area contributed by atoms with Crippen LogP contribution in [0.5, 0.6) is 0 Å². The van der Waals surface area contributed by atoms with Crippen LogP contribution in [0.15, 0.2) is 287 Å². The molecule has 0 spiro atoms. The fourth-order valence-electron chi connectivity index (χ4n) is 17.6. The standard InChI is InChI=1S/C21H24N4O.C21H23N3O.3C19H19N3O.3C4H10/c1-15(2)25-17-10-5-4-9-16(17)22-20(25)13-8-14-24-19-12-7-6-11-18(19)23(3)21(24)26;1-15(2)24-20-12-6-5-11-19(20)23(21(24)25)13-7-9-17-14-16-8-3-4-10-18(16)22-17;3*1-21-17-10-4-5-11-18(17)22(19(21)23)12-6-8-15-13-14-7-2-3-9-16(14)20-15;3*1-4(2)3/h4-7,9-12,15H,8,13-14H2,1-3H3;3-6,8,10-12,15H,7,9,13-14H2,1-2H3;3*2-5,7,9-11H,6,8,12-13H2,1H3;3*4H,1-3H3. The van der Waals surface area contributed by atoms with E-state index in [4.69, 9.17) is 25.0 Å². The Hall–Kier alpha value is -13.3. The van der Waals surface area contributed by atoms with Crippen molar-refractivity contribution >= 4 is 112 Å². The van der Waals surface area contributed by atoms with Crippen LogP contribution in [0.3, 0.4) is 0 Å². The molecule has 0 unspecified atom stereocenters. The first-order valence-electron chi connectivity index (χ1n) is 47.4. The predicted molar refractivity (Wildman–Crippen MR) is 551 cm³/mol. The van der Waals surface area contributed by atoms with Gasteiger partial charge in [0.05, 0.1) is 88.9 Å². The van der Waals surface area contributed by atoms with Crippen molar-refractivity contribution in [3.8, 4) is 0 Å².